The third-order valence-corrected chi connectivity index (χ3v) is 4.25. The van der Waals surface area contributed by atoms with E-state index in [9.17, 15) is 9.59 Å². The van der Waals surface area contributed by atoms with Crippen molar-refractivity contribution in [1.29, 1.82) is 0 Å². The van der Waals surface area contributed by atoms with Crippen molar-refractivity contribution in [2.45, 2.75) is 39.0 Å². The Balaban J connectivity index is 1.64. The number of aromatic nitrogens is 4. The molecule has 2 aromatic heterocycles. The highest BCUT2D eigenvalue weighted by Gasteiger charge is 2.15. The first-order chi connectivity index (χ1) is 11.6. The number of carbonyl (C=O) groups excluding carboxylic acids is 1. The van der Waals surface area contributed by atoms with Gasteiger partial charge in [-0.3, -0.25) is 9.59 Å². The minimum atomic E-state index is -0.279. The standard InChI is InChI=1S/C17H21N5O2/c1-12-14(11-19-22(12)15-7-8-16(23)21-20-15)17(24)18-10-9-13-5-3-2-4-6-13/h5,7-8,11H,2-4,6,9-10H2,1H3,(H,18,24)(H,21,23). The number of nitrogens with zero attached hydrogens (tertiary/aromatic N) is 3. The number of allylic oxidation sites excluding steroid dienone is 1. The van der Waals surface area contributed by atoms with Crippen LogP contribution in [0.1, 0.15) is 48.2 Å². The number of H-pyrrole nitrogens is 1. The molecule has 1 aliphatic rings. The molecule has 24 heavy (non-hydrogen) atoms. The Hall–Kier alpha value is -2.70. The molecule has 2 N–H and O–H groups in total. The summed E-state index contributed by atoms with van der Waals surface area (Å²) < 4.78 is 1.54. The number of carbonyl (C=O) groups is 1. The molecule has 1 amide bonds. The first-order valence-corrected chi connectivity index (χ1v) is 8.22. The summed E-state index contributed by atoms with van der Waals surface area (Å²) in [6.45, 7) is 2.44. The number of hydrogen-bond donors (Lipinski definition) is 2. The van der Waals surface area contributed by atoms with E-state index in [0.29, 0.717) is 23.6 Å². The first kappa shape index (κ1) is 16.2. The molecule has 0 aromatic carbocycles. The monoisotopic (exact) mass is 327 g/mol. The van der Waals surface area contributed by atoms with Crippen LogP contribution in [-0.4, -0.2) is 32.4 Å². The number of nitrogens with one attached hydrogen (secondary N) is 2. The van der Waals surface area contributed by atoms with Gasteiger partial charge in [0, 0.05) is 12.6 Å². The molecule has 0 unspecified atom stereocenters. The Kier molecular flexibility index (Phi) is 4.88. The Bertz CT molecular complexity index is 798. The molecule has 0 saturated heterocycles. The van der Waals surface area contributed by atoms with Gasteiger partial charge < -0.3 is 5.32 Å². The zero-order valence-corrected chi connectivity index (χ0v) is 13.7. The van der Waals surface area contributed by atoms with Gasteiger partial charge in [-0.15, -0.1) is 0 Å². The summed E-state index contributed by atoms with van der Waals surface area (Å²) in [5.41, 5.74) is 2.36. The summed E-state index contributed by atoms with van der Waals surface area (Å²) in [7, 11) is 0. The van der Waals surface area contributed by atoms with Gasteiger partial charge >= 0.3 is 0 Å². The summed E-state index contributed by atoms with van der Waals surface area (Å²) in [4.78, 5) is 23.4. The lowest BCUT2D eigenvalue weighted by molar-refractivity contribution is 0.0953. The smallest absolute Gasteiger partial charge is 0.264 e. The predicted molar refractivity (Wildman–Crippen MR) is 90.2 cm³/mol. The second kappa shape index (κ2) is 7.25. The van der Waals surface area contributed by atoms with Gasteiger partial charge in [0.15, 0.2) is 5.82 Å². The maximum absolute atomic E-state index is 12.3. The molecule has 126 valence electrons. The fourth-order valence-electron chi connectivity index (χ4n) is 2.88. The first-order valence-electron chi connectivity index (χ1n) is 8.22. The van der Waals surface area contributed by atoms with Crippen LogP contribution in [0.15, 0.2) is 34.8 Å². The average Bonchev–Trinajstić information content (AvgIpc) is 2.98. The van der Waals surface area contributed by atoms with Crippen molar-refractivity contribution in [2.75, 3.05) is 6.54 Å². The molecule has 7 nitrogen and oxygen atoms in total. The average molecular weight is 327 g/mol. The van der Waals surface area contributed by atoms with Gasteiger partial charge in [0.2, 0.25) is 0 Å². The molecular weight excluding hydrogens is 306 g/mol. The van der Waals surface area contributed by atoms with Crippen LogP contribution >= 0.6 is 0 Å². The summed E-state index contributed by atoms with van der Waals surface area (Å²) in [5.74, 6) is 0.332. The molecule has 0 atom stereocenters. The van der Waals surface area contributed by atoms with Gasteiger partial charge in [0.1, 0.15) is 0 Å². The summed E-state index contributed by atoms with van der Waals surface area (Å²) >= 11 is 0. The van der Waals surface area contributed by atoms with E-state index >= 15 is 0 Å². The minimum absolute atomic E-state index is 0.139. The largest absolute Gasteiger partial charge is 0.352 e. The lowest BCUT2D eigenvalue weighted by atomic mass is 9.97. The number of amides is 1. The van der Waals surface area contributed by atoms with Crippen LogP contribution in [0, 0.1) is 6.92 Å². The van der Waals surface area contributed by atoms with Crippen molar-refractivity contribution in [3.05, 3.63) is 51.6 Å². The highest BCUT2D eigenvalue weighted by molar-refractivity contribution is 5.95. The number of rotatable bonds is 5. The van der Waals surface area contributed by atoms with Crippen molar-refractivity contribution < 1.29 is 4.79 Å². The van der Waals surface area contributed by atoms with E-state index in [-0.39, 0.29) is 11.5 Å². The summed E-state index contributed by atoms with van der Waals surface area (Å²) in [6, 6.07) is 2.94. The zero-order valence-electron chi connectivity index (χ0n) is 13.7. The van der Waals surface area contributed by atoms with E-state index in [1.54, 1.807) is 13.0 Å². The van der Waals surface area contributed by atoms with E-state index in [0.717, 1.165) is 19.3 Å². The van der Waals surface area contributed by atoms with Crippen molar-refractivity contribution in [3.63, 3.8) is 0 Å². The van der Waals surface area contributed by atoms with Gasteiger partial charge in [-0.05, 0) is 45.1 Å². The molecule has 2 aromatic rings. The van der Waals surface area contributed by atoms with Crippen LogP contribution < -0.4 is 10.9 Å². The normalized spacial score (nSPS) is 14.3. The van der Waals surface area contributed by atoms with E-state index < -0.39 is 0 Å². The molecule has 1 aliphatic carbocycles. The lowest BCUT2D eigenvalue weighted by Gasteiger charge is -2.12. The SMILES string of the molecule is Cc1c(C(=O)NCCC2=CCCCC2)cnn1-c1ccc(=O)[nH]n1. The summed E-state index contributed by atoms with van der Waals surface area (Å²) in [6.07, 6.45) is 9.54. The van der Waals surface area contributed by atoms with Crippen molar-refractivity contribution in [2.24, 2.45) is 0 Å². The van der Waals surface area contributed by atoms with Crippen LogP contribution in [-0.2, 0) is 0 Å². The fourth-order valence-corrected chi connectivity index (χ4v) is 2.88. The number of hydrogen-bond acceptors (Lipinski definition) is 4. The lowest BCUT2D eigenvalue weighted by Crippen LogP contribution is -2.25. The van der Waals surface area contributed by atoms with Gasteiger partial charge in [0.05, 0.1) is 17.5 Å². The zero-order chi connectivity index (χ0) is 16.9. The molecule has 3 rings (SSSR count). The van der Waals surface area contributed by atoms with Gasteiger partial charge in [-0.2, -0.15) is 10.2 Å². The molecule has 0 spiro atoms. The second-order valence-electron chi connectivity index (χ2n) is 5.95. The highest BCUT2D eigenvalue weighted by Crippen LogP contribution is 2.19. The molecule has 0 bridgehead atoms. The molecule has 0 radical (unpaired) electrons. The molecular formula is C17H21N5O2. The van der Waals surface area contributed by atoms with Crippen LogP contribution in [0.5, 0.6) is 0 Å². The topological polar surface area (TPSA) is 92.7 Å². The van der Waals surface area contributed by atoms with Gasteiger partial charge in [0.25, 0.3) is 11.5 Å². The van der Waals surface area contributed by atoms with Crippen LogP contribution in [0.2, 0.25) is 0 Å². The maximum Gasteiger partial charge on any atom is 0.264 e. The second-order valence-corrected chi connectivity index (χ2v) is 5.95. The quantitative estimate of drug-likeness (QED) is 0.820. The van der Waals surface area contributed by atoms with Crippen LogP contribution in [0.3, 0.4) is 0 Å². The molecule has 0 fully saturated rings. The molecule has 7 heteroatoms. The van der Waals surface area contributed by atoms with Crippen molar-refractivity contribution in [1.82, 2.24) is 25.3 Å². The minimum Gasteiger partial charge on any atom is -0.352 e. The third kappa shape index (κ3) is 3.61. The van der Waals surface area contributed by atoms with Gasteiger partial charge in [-0.25, -0.2) is 9.78 Å². The van der Waals surface area contributed by atoms with Gasteiger partial charge in [-0.1, -0.05) is 11.6 Å². The van der Waals surface area contributed by atoms with Crippen LogP contribution in [0.4, 0.5) is 0 Å². The Morgan fingerprint density at radius 1 is 1.38 bits per heavy atom. The van der Waals surface area contributed by atoms with E-state index in [4.69, 9.17) is 0 Å². The Morgan fingerprint density at radius 3 is 2.96 bits per heavy atom. The van der Waals surface area contributed by atoms with Crippen molar-refractivity contribution >= 4 is 5.91 Å². The highest BCUT2D eigenvalue weighted by atomic mass is 16.1. The molecule has 0 saturated carbocycles. The molecule has 2 heterocycles. The summed E-state index contributed by atoms with van der Waals surface area (Å²) in [5, 5.41) is 13.4. The Morgan fingerprint density at radius 2 is 2.25 bits per heavy atom. The van der Waals surface area contributed by atoms with Crippen molar-refractivity contribution in [3.8, 4) is 5.82 Å². The van der Waals surface area contributed by atoms with E-state index in [1.807, 2.05) is 0 Å². The third-order valence-electron chi connectivity index (χ3n) is 4.25. The predicted octanol–water partition coefficient (Wildman–Crippen LogP) is 1.88. The van der Waals surface area contributed by atoms with Crippen LogP contribution in [0.25, 0.3) is 5.82 Å². The molecule has 0 aliphatic heterocycles. The maximum atomic E-state index is 12.3. The Labute approximate surface area is 139 Å². The fraction of sp³-hybridized carbons (Fsp3) is 0.412. The number of aromatic amines is 1. The van der Waals surface area contributed by atoms with E-state index in [1.165, 1.54) is 35.4 Å². The van der Waals surface area contributed by atoms with E-state index in [2.05, 4.69) is 26.7 Å².